The number of nitrogens with zero attached hydrogens (tertiary/aromatic N) is 4. The van der Waals surface area contributed by atoms with Crippen molar-refractivity contribution in [3.8, 4) is 0 Å². The number of carbonyl (C=O) groups excluding carboxylic acids is 1. The number of anilines is 1. The van der Waals surface area contributed by atoms with Crippen LogP contribution in [0.4, 0.5) is 5.95 Å². The number of hydrogen-bond donors (Lipinski definition) is 1. The molecular formula is C15H16BrN5O2. The van der Waals surface area contributed by atoms with Gasteiger partial charge in [-0.15, -0.1) is 0 Å². The molecule has 0 saturated carbocycles. The maximum atomic E-state index is 12.6. The zero-order valence-corrected chi connectivity index (χ0v) is 14.5. The van der Waals surface area contributed by atoms with Crippen LogP contribution in [-0.4, -0.2) is 32.3 Å². The highest BCUT2D eigenvalue weighted by atomic mass is 79.9. The van der Waals surface area contributed by atoms with Crippen molar-refractivity contribution in [2.45, 2.75) is 32.9 Å². The molecule has 2 heterocycles. The molecule has 1 aromatic carbocycles. The second-order valence-electron chi connectivity index (χ2n) is 5.52. The van der Waals surface area contributed by atoms with Crippen molar-refractivity contribution in [3.63, 3.8) is 0 Å². The highest BCUT2D eigenvalue weighted by Crippen LogP contribution is 2.35. The Morgan fingerprint density at radius 2 is 2.22 bits per heavy atom. The summed E-state index contributed by atoms with van der Waals surface area (Å²) < 4.78 is 7.91. The van der Waals surface area contributed by atoms with Gasteiger partial charge < -0.3 is 10.1 Å². The van der Waals surface area contributed by atoms with Gasteiger partial charge in [0.1, 0.15) is 6.04 Å². The number of ether oxygens (including phenoxy) is 1. The topological polar surface area (TPSA) is 81.9 Å². The van der Waals surface area contributed by atoms with Gasteiger partial charge in [-0.2, -0.15) is 4.68 Å². The first-order valence-corrected chi connectivity index (χ1v) is 7.98. The van der Waals surface area contributed by atoms with Gasteiger partial charge in [0.05, 0.1) is 11.7 Å². The minimum Gasteiger partial charge on any atom is -0.459 e. The minimum atomic E-state index is -0.440. The molecule has 1 aliphatic rings. The Labute approximate surface area is 141 Å². The molecule has 0 spiro atoms. The number of hydrogen-bond acceptors (Lipinski definition) is 6. The molecule has 0 fully saturated rings. The van der Waals surface area contributed by atoms with Crippen molar-refractivity contribution in [2.75, 3.05) is 5.32 Å². The van der Waals surface area contributed by atoms with Gasteiger partial charge in [-0.3, -0.25) is 0 Å². The first-order valence-electron chi connectivity index (χ1n) is 7.19. The van der Waals surface area contributed by atoms with Gasteiger partial charge in [-0.25, -0.2) is 4.79 Å². The Bertz CT molecular complexity index is 784. The molecule has 0 aliphatic carbocycles. The fourth-order valence-electron chi connectivity index (χ4n) is 2.54. The summed E-state index contributed by atoms with van der Waals surface area (Å²) in [5, 5.41) is 14.7. The van der Waals surface area contributed by atoms with Crippen LogP contribution in [0.3, 0.4) is 0 Å². The number of carbonyl (C=O) groups is 1. The molecule has 23 heavy (non-hydrogen) atoms. The third-order valence-corrected chi connectivity index (χ3v) is 3.93. The maximum Gasteiger partial charge on any atom is 0.338 e. The van der Waals surface area contributed by atoms with Crippen LogP contribution in [0, 0.1) is 0 Å². The summed E-state index contributed by atoms with van der Waals surface area (Å²) in [7, 11) is 0. The number of rotatable bonds is 3. The number of nitrogens with one attached hydrogen (secondary N) is 1. The van der Waals surface area contributed by atoms with Gasteiger partial charge in [0.2, 0.25) is 5.95 Å². The molecule has 0 amide bonds. The van der Waals surface area contributed by atoms with Crippen LogP contribution < -0.4 is 5.32 Å². The Morgan fingerprint density at radius 1 is 1.43 bits per heavy atom. The molecule has 0 saturated heterocycles. The lowest BCUT2D eigenvalue weighted by molar-refractivity contribution is -0.143. The predicted molar refractivity (Wildman–Crippen MR) is 87.6 cm³/mol. The molecular weight excluding hydrogens is 362 g/mol. The van der Waals surface area contributed by atoms with Gasteiger partial charge in [0, 0.05) is 10.2 Å². The Kier molecular flexibility index (Phi) is 4.16. The molecule has 0 bridgehead atoms. The van der Waals surface area contributed by atoms with Gasteiger partial charge >= 0.3 is 5.97 Å². The number of tetrazole rings is 1. The zero-order chi connectivity index (χ0) is 16.6. The number of aromatic nitrogens is 4. The molecule has 1 atom stereocenters. The van der Waals surface area contributed by atoms with Gasteiger partial charge in [-0.05, 0) is 48.9 Å². The molecule has 0 unspecified atom stereocenters. The van der Waals surface area contributed by atoms with Crippen LogP contribution in [0.1, 0.15) is 32.4 Å². The van der Waals surface area contributed by atoms with Gasteiger partial charge in [-0.1, -0.05) is 33.2 Å². The summed E-state index contributed by atoms with van der Waals surface area (Å²) in [4.78, 5) is 12.6. The first kappa shape index (κ1) is 15.7. The number of fused-ring (bicyclic) bond motifs is 1. The van der Waals surface area contributed by atoms with E-state index < -0.39 is 6.04 Å². The lowest BCUT2D eigenvalue weighted by atomic mass is 9.96. The molecule has 120 valence electrons. The van der Waals surface area contributed by atoms with Crippen LogP contribution in [0.25, 0.3) is 0 Å². The van der Waals surface area contributed by atoms with E-state index in [-0.39, 0.29) is 12.1 Å². The minimum absolute atomic E-state index is 0.207. The van der Waals surface area contributed by atoms with Crippen LogP contribution >= 0.6 is 15.9 Å². The average molecular weight is 378 g/mol. The quantitative estimate of drug-likeness (QED) is 0.828. The van der Waals surface area contributed by atoms with Crippen molar-refractivity contribution in [1.82, 2.24) is 20.2 Å². The first-order chi connectivity index (χ1) is 11.0. The lowest BCUT2D eigenvalue weighted by Crippen LogP contribution is -2.30. The Hall–Kier alpha value is -2.22. The second-order valence-corrected chi connectivity index (χ2v) is 6.44. The molecule has 1 aliphatic heterocycles. The number of allylic oxidation sites excluding steroid dienone is 1. The van der Waals surface area contributed by atoms with E-state index in [0.717, 1.165) is 10.0 Å². The largest absolute Gasteiger partial charge is 0.459 e. The van der Waals surface area contributed by atoms with Crippen LogP contribution in [0.5, 0.6) is 0 Å². The summed E-state index contributed by atoms with van der Waals surface area (Å²) in [5.74, 6) is 0.115. The monoisotopic (exact) mass is 377 g/mol. The molecule has 3 rings (SSSR count). The molecule has 1 aromatic heterocycles. The van der Waals surface area contributed by atoms with Crippen LogP contribution in [-0.2, 0) is 9.53 Å². The van der Waals surface area contributed by atoms with E-state index in [4.69, 9.17) is 4.74 Å². The maximum absolute atomic E-state index is 12.6. The molecule has 2 aromatic rings. The number of esters is 1. The predicted octanol–water partition coefficient (Wildman–Crippen LogP) is 2.68. The molecule has 7 nitrogen and oxygen atoms in total. The van der Waals surface area contributed by atoms with E-state index in [2.05, 4.69) is 36.8 Å². The van der Waals surface area contributed by atoms with E-state index >= 15 is 0 Å². The van der Waals surface area contributed by atoms with Crippen molar-refractivity contribution >= 4 is 27.8 Å². The summed E-state index contributed by atoms with van der Waals surface area (Å²) in [6.45, 7) is 5.46. The summed E-state index contributed by atoms with van der Waals surface area (Å²) in [6.07, 6.45) is -0.207. The van der Waals surface area contributed by atoms with Crippen molar-refractivity contribution in [3.05, 3.63) is 45.6 Å². The molecule has 1 N–H and O–H groups in total. The van der Waals surface area contributed by atoms with Crippen LogP contribution in [0.15, 0.2) is 40.0 Å². The van der Waals surface area contributed by atoms with Crippen molar-refractivity contribution in [2.24, 2.45) is 0 Å². The fourth-order valence-corrected chi connectivity index (χ4v) is 2.96. The number of benzene rings is 1. The number of halogens is 1. The zero-order valence-electron chi connectivity index (χ0n) is 12.9. The standard InChI is InChI=1S/C15H16BrN5O2/c1-8(2)23-14(22)12-9(3)17-15-18-19-20-21(15)13(12)10-5-4-6-11(16)7-10/h4-8,13H,1-3H3,(H,17,18,20)/t13-/m1/s1. The smallest absolute Gasteiger partial charge is 0.338 e. The van der Waals surface area contributed by atoms with Gasteiger partial charge in [0.25, 0.3) is 0 Å². The lowest BCUT2D eigenvalue weighted by Gasteiger charge is -2.28. The van der Waals surface area contributed by atoms with E-state index in [9.17, 15) is 4.79 Å². The fraction of sp³-hybridized carbons (Fsp3) is 0.333. The normalized spacial score (nSPS) is 17.0. The highest BCUT2D eigenvalue weighted by molar-refractivity contribution is 9.10. The third kappa shape index (κ3) is 2.98. The summed E-state index contributed by atoms with van der Waals surface area (Å²) in [5.41, 5.74) is 2.07. The molecule has 8 heteroatoms. The van der Waals surface area contributed by atoms with E-state index in [0.29, 0.717) is 17.2 Å². The van der Waals surface area contributed by atoms with E-state index in [1.54, 1.807) is 4.68 Å². The highest BCUT2D eigenvalue weighted by Gasteiger charge is 2.35. The van der Waals surface area contributed by atoms with Crippen molar-refractivity contribution < 1.29 is 9.53 Å². The van der Waals surface area contributed by atoms with Gasteiger partial charge in [0.15, 0.2) is 0 Å². The Morgan fingerprint density at radius 3 is 2.91 bits per heavy atom. The van der Waals surface area contributed by atoms with E-state index in [1.807, 2.05) is 45.0 Å². The summed E-state index contributed by atoms with van der Waals surface area (Å²) in [6, 6.07) is 7.27. The summed E-state index contributed by atoms with van der Waals surface area (Å²) >= 11 is 3.46. The second kappa shape index (κ2) is 6.11. The Balaban J connectivity index is 2.13. The third-order valence-electron chi connectivity index (χ3n) is 3.44. The SMILES string of the molecule is CC1=C(C(=O)OC(C)C)[C@@H](c2cccc(Br)c2)n2nnnc2N1. The van der Waals surface area contributed by atoms with E-state index in [1.165, 1.54) is 0 Å². The average Bonchev–Trinajstić information content (AvgIpc) is 2.92. The molecule has 0 radical (unpaired) electrons. The van der Waals surface area contributed by atoms with Crippen LogP contribution in [0.2, 0.25) is 0 Å². The van der Waals surface area contributed by atoms with Crippen molar-refractivity contribution in [1.29, 1.82) is 0 Å².